The molecule has 4 rings (SSSR count). The van der Waals surface area contributed by atoms with Crippen molar-refractivity contribution in [2.24, 2.45) is 0 Å². The predicted molar refractivity (Wildman–Crippen MR) is 96.4 cm³/mol. The molecule has 1 fully saturated rings. The molecule has 0 radical (unpaired) electrons. The summed E-state index contributed by atoms with van der Waals surface area (Å²) in [5.74, 6) is 0.626. The second-order valence-electron chi connectivity index (χ2n) is 7.01. The Morgan fingerprint density at radius 2 is 1.71 bits per heavy atom. The van der Waals surface area contributed by atoms with Crippen molar-refractivity contribution >= 4 is 5.91 Å². The third-order valence-corrected chi connectivity index (χ3v) is 5.33. The minimum atomic E-state index is 0.0427. The van der Waals surface area contributed by atoms with Gasteiger partial charge in [0.25, 0.3) is 5.91 Å². The Bertz CT molecular complexity index is 692. The summed E-state index contributed by atoms with van der Waals surface area (Å²) in [6.07, 6.45) is 4.34. The smallest absolute Gasteiger partial charge is 0.251 e. The molecular formula is C21H24N2O. The summed E-state index contributed by atoms with van der Waals surface area (Å²) in [5, 5.41) is 6.64. The highest BCUT2D eigenvalue weighted by Gasteiger charge is 2.23. The third kappa shape index (κ3) is 3.22. The van der Waals surface area contributed by atoms with Crippen LogP contribution in [0.3, 0.4) is 0 Å². The van der Waals surface area contributed by atoms with Gasteiger partial charge in [0.15, 0.2) is 0 Å². The Morgan fingerprint density at radius 1 is 1.00 bits per heavy atom. The van der Waals surface area contributed by atoms with Crippen LogP contribution in [0.5, 0.6) is 0 Å². The summed E-state index contributed by atoms with van der Waals surface area (Å²) in [6.45, 7) is 2.17. The molecule has 0 unspecified atom stereocenters. The quantitative estimate of drug-likeness (QED) is 0.912. The van der Waals surface area contributed by atoms with Gasteiger partial charge in [-0.2, -0.15) is 0 Å². The molecule has 24 heavy (non-hydrogen) atoms. The largest absolute Gasteiger partial charge is 0.349 e. The fraction of sp³-hybridized carbons (Fsp3) is 0.381. The number of piperidine rings is 1. The number of fused-ring (bicyclic) bond motifs is 1. The highest BCUT2D eigenvalue weighted by atomic mass is 16.1. The van der Waals surface area contributed by atoms with Crippen LogP contribution in [-0.2, 0) is 12.8 Å². The number of rotatable bonds is 3. The summed E-state index contributed by atoms with van der Waals surface area (Å²) < 4.78 is 0. The molecule has 1 aliphatic heterocycles. The second kappa shape index (κ2) is 6.78. The Morgan fingerprint density at radius 3 is 2.33 bits per heavy atom. The maximum atomic E-state index is 12.5. The topological polar surface area (TPSA) is 41.1 Å². The molecule has 2 aliphatic rings. The molecule has 1 atom stereocenters. The lowest BCUT2D eigenvalue weighted by Crippen LogP contribution is -2.35. The van der Waals surface area contributed by atoms with Crippen LogP contribution in [0.4, 0.5) is 0 Å². The van der Waals surface area contributed by atoms with Crippen molar-refractivity contribution < 1.29 is 4.79 Å². The number of amides is 1. The Kier molecular flexibility index (Phi) is 4.35. The second-order valence-corrected chi connectivity index (χ2v) is 7.01. The van der Waals surface area contributed by atoms with E-state index >= 15 is 0 Å². The van der Waals surface area contributed by atoms with E-state index in [0.29, 0.717) is 5.92 Å². The zero-order chi connectivity index (χ0) is 16.4. The zero-order valence-corrected chi connectivity index (χ0v) is 13.9. The van der Waals surface area contributed by atoms with Crippen LogP contribution in [0.1, 0.15) is 45.8 Å². The first-order valence-electron chi connectivity index (χ1n) is 8.98. The van der Waals surface area contributed by atoms with Crippen LogP contribution in [0, 0.1) is 0 Å². The van der Waals surface area contributed by atoms with E-state index in [0.717, 1.165) is 31.5 Å². The molecule has 0 spiro atoms. The van der Waals surface area contributed by atoms with Gasteiger partial charge in [-0.1, -0.05) is 36.4 Å². The number of carbonyl (C=O) groups is 1. The molecule has 0 saturated carbocycles. The fourth-order valence-corrected chi connectivity index (χ4v) is 3.97. The minimum Gasteiger partial charge on any atom is -0.349 e. The molecule has 124 valence electrons. The van der Waals surface area contributed by atoms with E-state index < -0.39 is 0 Å². The fourth-order valence-electron chi connectivity index (χ4n) is 3.97. The molecule has 2 aromatic carbocycles. The van der Waals surface area contributed by atoms with Crippen molar-refractivity contribution in [3.8, 4) is 0 Å². The SMILES string of the molecule is O=C(NC1Cc2ccccc2C1)c1ccc([C@H]2CCCNC2)cc1. The summed E-state index contributed by atoms with van der Waals surface area (Å²) in [7, 11) is 0. The van der Waals surface area contributed by atoms with Gasteiger partial charge in [0.05, 0.1) is 0 Å². The summed E-state index contributed by atoms with van der Waals surface area (Å²) in [5.41, 5.74) is 4.83. The molecule has 1 aliphatic carbocycles. The Hall–Kier alpha value is -2.13. The number of nitrogens with one attached hydrogen (secondary N) is 2. The van der Waals surface area contributed by atoms with Gasteiger partial charge in [-0.25, -0.2) is 0 Å². The van der Waals surface area contributed by atoms with Crippen LogP contribution in [0.15, 0.2) is 48.5 Å². The van der Waals surface area contributed by atoms with Gasteiger partial charge in [0.2, 0.25) is 0 Å². The maximum Gasteiger partial charge on any atom is 0.251 e. The Balaban J connectivity index is 1.38. The minimum absolute atomic E-state index is 0.0427. The van der Waals surface area contributed by atoms with Gasteiger partial charge in [-0.15, -0.1) is 0 Å². The van der Waals surface area contributed by atoms with Gasteiger partial charge in [-0.05, 0) is 67.0 Å². The lowest BCUT2D eigenvalue weighted by Gasteiger charge is -2.23. The molecule has 0 aromatic heterocycles. The van der Waals surface area contributed by atoms with E-state index in [4.69, 9.17) is 0 Å². The average Bonchev–Trinajstić information content (AvgIpc) is 3.05. The maximum absolute atomic E-state index is 12.5. The molecule has 1 saturated heterocycles. The molecule has 0 bridgehead atoms. The number of carbonyl (C=O) groups excluding carboxylic acids is 1. The van der Waals surface area contributed by atoms with E-state index in [9.17, 15) is 4.79 Å². The monoisotopic (exact) mass is 320 g/mol. The summed E-state index contributed by atoms with van der Waals surface area (Å²) in [4.78, 5) is 12.5. The van der Waals surface area contributed by atoms with Crippen LogP contribution in [0.25, 0.3) is 0 Å². The lowest BCUT2D eigenvalue weighted by atomic mass is 9.91. The molecule has 2 N–H and O–H groups in total. The van der Waals surface area contributed by atoms with Gasteiger partial charge < -0.3 is 10.6 Å². The third-order valence-electron chi connectivity index (χ3n) is 5.33. The summed E-state index contributed by atoms with van der Waals surface area (Å²) >= 11 is 0. The molecule has 1 heterocycles. The van der Waals surface area contributed by atoms with Gasteiger partial charge >= 0.3 is 0 Å². The molecule has 1 amide bonds. The van der Waals surface area contributed by atoms with E-state index in [1.165, 1.54) is 29.5 Å². The normalized spacial score (nSPS) is 20.6. The molecule has 3 nitrogen and oxygen atoms in total. The van der Waals surface area contributed by atoms with Crippen molar-refractivity contribution in [3.05, 3.63) is 70.8 Å². The van der Waals surface area contributed by atoms with Crippen molar-refractivity contribution in [1.29, 1.82) is 0 Å². The first-order chi connectivity index (χ1) is 11.8. The van der Waals surface area contributed by atoms with Crippen LogP contribution in [0.2, 0.25) is 0 Å². The van der Waals surface area contributed by atoms with E-state index in [-0.39, 0.29) is 11.9 Å². The van der Waals surface area contributed by atoms with Crippen molar-refractivity contribution in [3.63, 3.8) is 0 Å². The predicted octanol–water partition coefficient (Wildman–Crippen LogP) is 3.05. The standard InChI is InChI=1S/C21H24N2O/c24-21(23-20-12-17-4-1-2-5-18(17)13-20)16-9-7-15(8-10-16)19-6-3-11-22-14-19/h1-2,4-5,7-10,19-20,22H,3,6,11-14H2,(H,23,24)/t19-/m0/s1. The van der Waals surface area contributed by atoms with E-state index in [2.05, 4.69) is 47.0 Å². The average molecular weight is 320 g/mol. The number of benzene rings is 2. The highest BCUT2D eigenvalue weighted by molar-refractivity contribution is 5.94. The van der Waals surface area contributed by atoms with Crippen molar-refractivity contribution in [2.75, 3.05) is 13.1 Å². The van der Waals surface area contributed by atoms with Crippen molar-refractivity contribution in [1.82, 2.24) is 10.6 Å². The van der Waals surface area contributed by atoms with Gasteiger partial charge in [-0.3, -0.25) is 4.79 Å². The van der Waals surface area contributed by atoms with E-state index in [1.807, 2.05) is 12.1 Å². The Labute approximate surface area is 143 Å². The first-order valence-corrected chi connectivity index (χ1v) is 8.98. The van der Waals surface area contributed by atoms with Gasteiger partial charge in [0.1, 0.15) is 0 Å². The van der Waals surface area contributed by atoms with Crippen LogP contribution < -0.4 is 10.6 Å². The first kappa shape index (κ1) is 15.4. The van der Waals surface area contributed by atoms with Crippen LogP contribution in [-0.4, -0.2) is 25.0 Å². The lowest BCUT2D eigenvalue weighted by molar-refractivity contribution is 0.0938. The molecular weight excluding hydrogens is 296 g/mol. The molecule has 2 aromatic rings. The highest BCUT2D eigenvalue weighted by Crippen LogP contribution is 2.24. The summed E-state index contributed by atoms with van der Waals surface area (Å²) in [6, 6.07) is 16.9. The zero-order valence-electron chi connectivity index (χ0n) is 13.9. The van der Waals surface area contributed by atoms with Crippen LogP contribution >= 0.6 is 0 Å². The van der Waals surface area contributed by atoms with Gasteiger partial charge in [0, 0.05) is 18.2 Å². The van der Waals surface area contributed by atoms with Crippen molar-refractivity contribution in [2.45, 2.75) is 37.6 Å². The van der Waals surface area contributed by atoms with E-state index in [1.54, 1.807) is 0 Å². The molecule has 3 heteroatoms. The number of hydrogen-bond donors (Lipinski definition) is 2. The number of hydrogen-bond acceptors (Lipinski definition) is 2.